The van der Waals surface area contributed by atoms with Gasteiger partial charge in [0, 0.05) is 37.7 Å². The van der Waals surface area contributed by atoms with E-state index in [2.05, 4.69) is 31.1 Å². The van der Waals surface area contributed by atoms with Crippen LogP contribution in [0.25, 0.3) is 11.3 Å². The standard InChI is InChI=1S/C22H23N7O4/c1-23-22(32)19-16(9-17(27-28-19)26-21(31)12-7-8-12)25-14-6-4-5-13(20(14)33-3)15-10-18(30)29(2)11-24-15/h4-6,9-12H,7-8H2,1-3H3,(H,23,32)(H2,25,26,27,31). The Morgan fingerprint density at radius 1 is 1.15 bits per heavy atom. The molecule has 3 N–H and O–H groups in total. The van der Waals surface area contributed by atoms with Crippen LogP contribution in [0.5, 0.6) is 5.75 Å². The van der Waals surface area contributed by atoms with Crippen molar-refractivity contribution in [3.8, 4) is 17.0 Å². The van der Waals surface area contributed by atoms with Crippen LogP contribution >= 0.6 is 0 Å². The molecule has 0 spiro atoms. The molecule has 1 aromatic carbocycles. The number of methoxy groups -OCH3 is 1. The third-order valence-electron chi connectivity index (χ3n) is 5.18. The second-order valence-electron chi connectivity index (χ2n) is 7.57. The van der Waals surface area contributed by atoms with E-state index in [1.165, 1.54) is 31.1 Å². The SMILES string of the molecule is CNC(=O)c1nnc(NC(=O)C2CC2)cc1Nc1cccc(-c2cc(=O)n(C)cn2)c1OC. The van der Waals surface area contributed by atoms with E-state index in [-0.39, 0.29) is 28.9 Å². The fourth-order valence-electron chi connectivity index (χ4n) is 3.22. The molecule has 0 radical (unpaired) electrons. The van der Waals surface area contributed by atoms with Crippen molar-refractivity contribution in [2.24, 2.45) is 13.0 Å². The quantitative estimate of drug-likeness (QED) is 0.495. The molecule has 1 aliphatic carbocycles. The van der Waals surface area contributed by atoms with Crippen LogP contribution < -0.4 is 26.2 Å². The molecule has 33 heavy (non-hydrogen) atoms. The van der Waals surface area contributed by atoms with Crippen molar-refractivity contribution in [2.45, 2.75) is 12.8 Å². The number of nitrogens with one attached hydrogen (secondary N) is 3. The lowest BCUT2D eigenvalue weighted by Gasteiger charge is -2.16. The summed E-state index contributed by atoms with van der Waals surface area (Å²) < 4.78 is 6.99. The van der Waals surface area contributed by atoms with Gasteiger partial charge in [0.25, 0.3) is 11.5 Å². The molecule has 11 heteroatoms. The Morgan fingerprint density at radius 3 is 2.61 bits per heavy atom. The topological polar surface area (TPSA) is 140 Å². The normalized spacial score (nSPS) is 12.7. The van der Waals surface area contributed by atoms with Crippen LogP contribution in [0.15, 0.2) is 41.5 Å². The van der Waals surface area contributed by atoms with Crippen LogP contribution in [0.1, 0.15) is 23.3 Å². The fraction of sp³-hybridized carbons (Fsp3) is 0.273. The molecule has 1 aliphatic rings. The zero-order chi connectivity index (χ0) is 23.5. The predicted octanol–water partition coefficient (Wildman–Crippen LogP) is 1.70. The number of aromatic nitrogens is 4. The molecule has 2 heterocycles. The number of nitrogens with zero attached hydrogens (tertiary/aromatic N) is 4. The van der Waals surface area contributed by atoms with Gasteiger partial charge in [-0.1, -0.05) is 6.07 Å². The van der Waals surface area contributed by atoms with Gasteiger partial charge < -0.3 is 25.3 Å². The molecule has 0 atom stereocenters. The van der Waals surface area contributed by atoms with Crippen molar-refractivity contribution < 1.29 is 14.3 Å². The zero-order valence-electron chi connectivity index (χ0n) is 18.4. The Bertz CT molecular complexity index is 1280. The molecule has 2 aromatic heterocycles. The average Bonchev–Trinajstić information content (AvgIpc) is 3.66. The van der Waals surface area contributed by atoms with E-state index in [0.717, 1.165) is 12.8 Å². The number of rotatable bonds is 7. The van der Waals surface area contributed by atoms with Crippen molar-refractivity contribution in [3.63, 3.8) is 0 Å². The van der Waals surface area contributed by atoms with Gasteiger partial charge >= 0.3 is 0 Å². The summed E-state index contributed by atoms with van der Waals surface area (Å²) in [6.07, 6.45) is 3.13. The minimum atomic E-state index is -0.451. The first-order valence-electron chi connectivity index (χ1n) is 10.3. The van der Waals surface area contributed by atoms with Gasteiger partial charge in [0.1, 0.15) is 0 Å². The number of anilines is 3. The van der Waals surface area contributed by atoms with Gasteiger partial charge in [-0.25, -0.2) is 4.98 Å². The van der Waals surface area contributed by atoms with E-state index in [0.29, 0.717) is 28.4 Å². The van der Waals surface area contributed by atoms with Gasteiger partial charge in [0.05, 0.1) is 30.5 Å². The van der Waals surface area contributed by atoms with Crippen molar-refractivity contribution in [1.29, 1.82) is 0 Å². The molecular weight excluding hydrogens is 426 g/mol. The summed E-state index contributed by atoms with van der Waals surface area (Å²) >= 11 is 0. The van der Waals surface area contributed by atoms with E-state index in [1.54, 1.807) is 31.3 Å². The van der Waals surface area contributed by atoms with Crippen LogP contribution in [0.3, 0.4) is 0 Å². The number of para-hydroxylation sites is 1. The number of ether oxygens (including phenoxy) is 1. The number of amides is 2. The number of carbonyl (C=O) groups is 2. The van der Waals surface area contributed by atoms with E-state index < -0.39 is 5.91 Å². The van der Waals surface area contributed by atoms with Crippen molar-refractivity contribution >= 4 is 29.0 Å². The molecule has 0 aliphatic heterocycles. The van der Waals surface area contributed by atoms with Crippen LogP contribution in [0.4, 0.5) is 17.2 Å². The zero-order valence-corrected chi connectivity index (χ0v) is 18.4. The van der Waals surface area contributed by atoms with Crippen LogP contribution in [-0.2, 0) is 11.8 Å². The molecule has 1 fully saturated rings. The summed E-state index contributed by atoms with van der Waals surface area (Å²) in [5, 5.41) is 16.4. The van der Waals surface area contributed by atoms with E-state index in [9.17, 15) is 14.4 Å². The highest BCUT2D eigenvalue weighted by Crippen LogP contribution is 2.37. The number of aryl methyl sites for hydroxylation is 1. The van der Waals surface area contributed by atoms with Gasteiger partial charge in [0.2, 0.25) is 5.91 Å². The maximum atomic E-state index is 12.4. The largest absolute Gasteiger partial charge is 0.494 e. The van der Waals surface area contributed by atoms with Crippen molar-refractivity contribution in [2.75, 3.05) is 24.8 Å². The Hall–Kier alpha value is -4.28. The Kier molecular flexibility index (Phi) is 6.03. The Balaban J connectivity index is 1.73. The number of hydrogen-bond acceptors (Lipinski definition) is 8. The average molecular weight is 449 g/mol. The monoisotopic (exact) mass is 449 g/mol. The molecule has 0 saturated heterocycles. The van der Waals surface area contributed by atoms with Gasteiger partial charge in [-0.05, 0) is 25.0 Å². The first-order valence-corrected chi connectivity index (χ1v) is 10.3. The first kappa shape index (κ1) is 21.9. The summed E-state index contributed by atoms with van der Waals surface area (Å²) in [4.78, 5) is 40.9. The summed E-state index contributed by atoms with van der Waals surface area (Å²) in [5.74, 6) is 0.0595. The third kappa shape index (κ3) is 4.66. The highest BCUT2D eigenvalue weighted by atomic mass is 16.5. The van der Waals surface area contributed by atoms with Gasteiger partial charge in [-0.2, -0.15) is 0 Å². The number of carbonyl (C=O) groups excluding carboxylic acids is 2. The molecule has 170 valence electrons. The minimum Gasteiger partial charge on any atom is -0.494 e. The second-order valence-corrected chi connectivity index (χ2v) is 7.57. The Morgan fingerprint density at radius 2 is 1.94 bits per heavy atom. The predicted molar refractivity (Wildman–Crippen MR) is 122 cm³/mol. The molecule has 4 rings (SSSR count). The maximum Gasteiger partial charge on any atom is 0.273 e. The van der Waals surface area contributed by atoms with Gasteiger partial charge in [-0.15, -0.1) is 10.2 Å². The van der Waals surface area contributed by atoms with E-state index in [4.69, 9.17) is 4.74 Å². The van der Waals surface area contributed by atoms with Crippen molar-refractivity contribution in [3.05, 3.63) is 52.7 Å². The summed E-state index contributed by atoms with van der Waals surface area (Å²) in [6, 6.07) is 8.25. The summed E-state index contributed by atoms with van der Waals surface area (Å²) in [6.45, 7) is 0. The lowest BCUT2D eigenvalue weighted by Crippen LogP contribution is -2.22. The molecule has 0 unspecified atom stereocenters. The Labute approximate surface area is 189 Å². The molecule has 1 saturated carbocycles. The van der Waals surface area contributed by atoms with Gasteiger partial charge in [-0.3, -0.25) is 14.4 Å². The first-order chi connectivity index (χ1) is 15.9. The molecular formula is C22H23N7O4. The van der Waals surface area contributed by atoms with Gasteiger partial charge in [0.15, 0.2) is 17.3 Å². The minimum absolute atomic E-state index is 0.00956. The molecule has 0 bridgehead atoms. The fourth-order valence-corrected chi connectivity index (χ4v) is 3.22. The summed E-state index contributed by atoms with van der Waals surface area (Å²) in [7, 11) is 4.60. The highest BCUT2D eigenvalue weighted by molar-refractivity contribution is 6.00. The molecule has 2 amide bonds. The maximum absolute atomic E-state index is 12.4. The lowest BCUT2D eigenvalue weighted by molar-refractivity contribution is -0.117. The van der Waals surface area contributed by atoms with Crippen LogP contribution in [-0.4, -0.2) is 45.7 Å². The third-order valence-corrected chi connectivity index (χ3v) is 5.18. The molecule has 3 aromatic rings. The van der Waals surface area contributed by atoms with Crippen molar-refractivity contribution in [1.82, 2.24) is 25.1 Å². The molecule has 11 nitrogen and oxygen atoms in total. The van der Waals surface area contributed by atoms with Crippen LogP contribution in [0, 0.1) is 5.92 Å². The smallest absolute Gasteiger partial charge is 0.273 e. The number of hydrogen-bond donors (Lipinski definition) is 3. The van der Waals surface area contributed by atoms with E-state index >= 15 is 0 Å². The lowest BCUT2D eigenvalue weighted by atomic mass is 10.1. The van der Waals surface area contributed by atoms with Crippen LogP contribution in [0.2, 0.25) is 0 Å². The van der Waals surface area contributed by atoms with E-state index in [1.807, 2.05) is 0 Å². The summed E-state index contributed by atoms with van der Waals surface area (Å²) in [5.41, 5.74) is 1.69. The second kappa shape index (κ2) is 9.07. The highest BCUT2D eigenvalue weighted by Gasteiger charge is 2.30. The number of benzene rings is 1.